The van der Waals surface area contributed by atoms with Crippen molar-refractivity contribution in [3.63, 3.8) is 0 Å². The van der Waals surface area contributed by atoms with Gasteiger partial charge in [0, 0.05) is 24.2 Å². The van der Waals surface area contributed by atoms with Crippen LogP contribution in [0.1, 0.15) is 28.4 Å². The molecule has 2 rings (SSSR count). The van der Waals surface area contributed by atoms with E-state index in [2.05, 4.69) is 20.9 Å². The minimum Gasteiger partial charge on any atom is -0.368 e. The number of primary amides is 1. The van der Waals surface area contributed by atoms with E-state index in [1.807, 2.05) is 6.92 Å². The Morgan fingerprint density at radius 3 is 2.41 bits per heavy atom. The molecular formula is C20H23F2N5O2. The van der Waals surface area contributed by atoms with Crippen LogP contribution in [-0.2, 0) is 17.9 Å². The molecule has 0 fully saturated rings. The molecule has 0 saturated carbocycles. The van der Waals surface area contributed by atoms with Crippen LogP contribution in [0.15, 0.2) is 47.5 Å². The highest BCUT2D eigenvalue weighted by Crippen LogP contribution is 2.09. The summed E-state index contributed by atoms with van der Waals surface area (Å²) in [5.41, 5.74) is 6.42. The second-order valence-electron chi connectivity index (χ2n) is 6.13. The summed E-state index contributed by atoms with van der Waals surface area (Å²) in [6.45, 7) is 2.64. The molecule has 0 aliphatic carbocycles. The molecule has 0 radical (unpaired) electrons. The lowest BCUT2D eigenvalue weighted by Gasteiger charge is -2.12. The molecule has 9 heteroatoms. The van der Waals surface area contributed by atoms with Crippen LogP contribution in [0.2, 0.25) is 0 Å². The summed E-state index contributed by atoms with van der Waals surface area (Å²) in [4.78, 5) is 27.0. The van der Waals surface area contributed by atoms with Gasteiger partial charge in [-0.15, -0.1) is 0 Å². The zero-order valence-corrected chi connectivity index (χ0v) is 16.0. The summed E-state index contributed by atoms with van der Waals surface area (Å²) in [6, 6.07) is 9.98. The maximum atomic E-state index is 13.7. The molecule has 0 aliphatic rings. The number of nitrogens with two attached hydrogens (primary N) is 1. The maximum absolute atomic E-state index is 13.7. The third-order valence-corrected chi connectivity index (χ3v) is 3.86. The Hall–Kier alpha value is -3.49. The van der Waals surface area contributed by atoms with E-state index in [4.69, 9.17) is 5.73 Å². The fourth-order valence-corrected chi connectivity index (χ4v) is 2.40. The summed E-state index contributed by atoms with van der Waals surface area (Å²) < 4.78 is 27.0. The van der Waals surface area contributed by atoms with Gasteiger partial charge < -0.3 is 21.7 Å². The summed E-state index contributed by atoms with van der Waals surface area (Å²) >= 11 is 0. The van der Waals surface area contributed by atoms with Crippen LogP contribution in [-0.4, -0.2) is 30.9 Å². The van der Waals surface area contributed by atoms with Gasteiger partial charge in [0.15, 0.2) is 5.96 Å². The largest absolute Gasteiger partial charge is 0.368 e. The van der Waals surface area contributed by atoms with Crippen LogP contribution in [0.4, 0.5) is 8.78 Å². The zero-order chi connectivity index (χ0) is 21.2. The van der Waals surface area contributed by atoms with Crippen molar-refractivity contribution in [2.45, 2.75) is 20.0 Å². The lowest BCUT2D eigenvalue weighted by Crippen LogP contribution is -2.37. The maximum Gasteiger partial charge on any atom is 0.251 e. The minimum atomic E-state index is -0.620. The Kier molecular flexibility index (Phi) is 8.08. The number of amides is 2. The highest BCUT2D eigenvalue weighted by Gasteiger charge is 2.07. The first-order valence-corrected chi connectivity index (χ1v) is 9.00. The number of carbonyl (C=O) groups excluding carboxylic acids is 2. The first kappa shape index (κ1) is 21.8. The molecule has 0 aromatic heterocycles. The van der Waals surface area contributed by atoms with Gasteiger partial charge in [-0.05, 0) is 42.8 Å². The van der Waals surface area contributed by atoms with Gasteiger partial charge in [-0.3, -0.25) is 9.59 Å². The van der Waals surface area contributed by atoms with E-state index in [1.165, 1.54) is 0 Å². The molecule has 0 unspecified atom stereocenters. The van der Waals surface area contributed by atoms with Crippen molar-refractivity contribution < 1.29 is 18.4 Å². The van der Waals surface area contributed by atoms with E-state index in [9.17, 15) is 18.4 Å². The highest BCUT2D eigenvalue weighted by atomic mass is 19.1. The van der Waals surface area contributed by atoms with Crippen LogP contribution in [0.3, 0.4) is 0 Å². The average Bonchev–Trinajstić information content (AvgIpc) is 2.71. The predicted molar refractivity (Wildman–Crippen MR) is 106 cm³/mol. The van der Waals surface area contributed by atoms with Crippen molar-refractivity contribution in [2.24, 2.45) is 10.7 Å². The molecular weight excluding hydrogens is 380 g/mol. The Balaban J connectivity index is 1.97. The number of aliphatic imine (C=N–C) groups is 1. The second-order valence-corrected chi connectivity index (χ2v) is 6.13. The molecule has 2 amide bonds. The quantitative estimate of drug-likeness (QED) is 0.395. The molecule has 0 heterocycles. The smallest absolute Gasteiger partial charge is 0.251 e. The molecule has 2 aromatic rings. The van der Waals surface area contributed by atoms with Gasteiger partial charge in [0.05, 0.1) is 13.1 Å². The van der Waals surface area contributed by atoms with Gasteiger partial charge >= 0.3 is 0 Å². The van der Waals surface area contributed by atoms with Gasteiger partial charge in [-0.25, -0.2) is 13.8 Å². The average molecular weight is 403 g/mol. The topological polar surface area (TPSA) is 109 Å². The van der Waals surface area contributed by atoms with E-state index in [1.54, 1.807) is 24.3 Å². The number of carbonyl (C=O) groups is 2. The van der Waals surface area contributed by atoms with E-state index >= 15 is 0 Å². The SMILES string of the molecule is CCNC(=NCc1ccc(C(=O)NCC(N)=O)cc1)NCc1cc(F)ccc1F. The predicted octanol–water partition coefficient (Wildman–Crippen LogP) is 1.44. The van der Waals surface area contributed by atoms with E-state index < -0.39 is 23.4 Å². The number of guanidine groups is 1. The highest BCUT2D eigenvalue weighted by molar-refractivity contribution is 5.96. The molecule has 0 aliphatic heterocycles. The molecule has 2 aromatic carbocycles. The second kappa shape index (κ2) is 10.7. The molecule has 0 atom stereocenters. The Morgan fingerprint density at radius 2 is 1.76 bits per heavy atom. The van der Waals surface area contributed by atoms with Crippen LogP contribution in [0.25, 0.3) is 0 Å². The number of benzene rings is 2. The monoisotopic (exact) mass is 403 g/mol. The van der Waals surface area contributed by atoms with Crippen molar-refractivity contribution in [3.05, 3.63) is 70.8 Å². The van der Waals surface area contributed by atoms with Crippen LogP contribution in [0.5, 0.6) is 0 Å². The molecule has 7 nitrogen and oxygen atoms in total. The van der Waals surface area contributed by atoms with Crippen molar-refractivity contribution in [2.75, 3.05) is 13.1 Å². The minimum absolute atomic E-state index is 0.0778. The lowest BCUT2D eigenvalue weighted by molar-refractivity contribution is -0.117. The molecule has 0 saturated heterocycles. The Morgan fingerprint density at radius 1 is 1.03 bits per heavy atom. The Bertz CT molecular complexity index is 885. The van der Waals surface area contributed by atoms with Gasteiger partial charge in [0.1, 0.15) is 11.6 Å². The van der Waals surface area contributed by atoms with Gasteiger partial charge in [-0.1, -0.05) is 12.1 Å². The van der Waals surface area contributed by atoms with Crippen molar-refractivity contribution >= 4 is 17.8 Å². The fourth-order valence-electron chi connectivity index (χ4n) is 2.40. The normalized spacial score (nSPS) is 11.1. The van der Waals surface area contributed by atoms with Crippen molar-refractivity contribution in [3.8, 4) is 0 Å². The van der Waals surface area contributed by atoms with Gasteiger partial charge in [-0.2, -0.15) is 0 Å². The molecule has 29 heavy (non-hydrogen) atoms. The first-order valence-electron chi connectivity index (χ1n) is 9.00. The van der Waals surface area contributed by atoms with E-state index in [0.29, 0.717) is 24.6 Å². The summed E-state index contributed by atoms with van der Waals surface area (Å²) in [7, 11) is 0. The third-order valence-electron chi connectivity index (χ3n) is 3.86. The van der Waals surface area contributed by atoms with Crippen molar-refractivity contribution in [1.29, 1.82) is 0 Å². The van der Waals surface area contributed by atoms with Crippen LogP contribution < -0.4 is 21.7 Å². The summed E-state index contributed by atoms with van der Waals surface area (Å²) in [5, 5.41) is 8.39. The number of nitrogens with one attached hydrogen (secondary N) is 3. The van der Waals surface area contributed by atoms with E-state index in [0.717, 1.165) is 23.8 Å². The first-order chi connectivity index (χ1) is 13.9. The molecule has 0 bridgehead atoms. The molecule has 5 N–H and O–H groups in total. The number of hydrogen-bond acceptors (Lipinski definition) is 3. The Labute approximate surface area is 167 Å². The molecule has 154 valence electrons. The number of halogens is 2. The number of hydrogen-bond donors (Lipinski definition) is 4. The van der Waals surface area contributed by atoms with E-state index in [-0.39, 0.29) is 18.7 Å². The molecule has 0 spiro atoms. The summed E-state index contributed by atoms with van der Waals surface area (Å²) in [5.74, 6) is -1.58. The van der Waals surface area contributed by atoms with Gasteiger partial charge in [0.2, 0.25) is 5.91 Å². The lowest BCUT2D eigenvalue weighted by atomic mass is 10.1. The van der Waals surface area contributed by atoms with Gasteiger partial charge in [0.25, 0.3) is 5.91 Å². The summed E-state index contributed by atoms with van der Waals surface area (Å²) in [6.07, 6.45) is 0. The fraction of sp³-hybridized carbons (Fsp3) is 0.250. The van der Waals surface area contributed by atoms with Crippen LogP contribution in [0, 0.1) is 11.6 Å². The zero-order valence-electron chi connectivity index (χ0n) is 16.0. The number of nitrogens with zero attached hydrogens (tertiary/aromatic N) is 1. The van der Waals surface area contributed by atoms with Crippen LogP contribution >= 0.6 is 0 Å². The van der Waals surface area contributed by atoms with Crippen molar-refractivity contribution in [1.82, 2.24) is 16.0 Å². The third kappa shape index (κ3) is 7.21. The standard InChI is InChI=1S/C20H23F2N5O2/c1-2-24-20(27-11-15-9-16(21)7-8-17(15)22)26-10-13-3-5-14(6-4-13)19(29)25-12-18(23)28/h3-9H,2,10-12H2,1H3,(H2,23,28)(H,25,29)(H2,24,26,27). The number of rotatable bonds is 8.